The minimum Gasteiger partial charge on any atom is -0.494 e. The predicted molar refractivity (Wildman–Crippen MR) is 91.1 cm³/mol. The molecule has 0 radical (unpaired) electrons. The number of hydrogen-bond acceptors (Lipinski definition) is 3. The molecule has 2 heterocycles. The highest BCUT2D eigenvalue weighted by molar-refractivity contribution is 6.14. The molecule has 1 aromatic carbocycles. The second kappa shape index (κ2) is 6.23. The zero-order valence-electron chi connectivity index (χ0n) is 13.8. The summed E-state index contributed by atoms with van der Waals surface area (Å²) in [5.74, 6) is 0.419. The Bertz CT molecular complexity index is 832. The number of nitrogens with zero attached hydrogens (tertiary/aromatic N) is 1. The van der Waals surface area contributed by atoms with Crippen LogP contribution < -0.4 is 15.4 Å². The summed E-state index contributed by atoms with van der Waals surface area (Å²) in [5.41, 5.74) is 4.17. The number of ether oxygens (including phenoxy) is 1. The molecule has 3 rings (SSSR count). The third kappa shape index (κ3) is 2.90. The number of imide groups is 1. The summed E-state index contributed by atoms with van der Waals surface area (Å²) in [6, 6.07) is 9.33. The van der Waals surface area contributed by atoms with Crippen molar-refractivity contribution in [2.24, 2.45) is 0 Å². The number of aromatic nitrogens is 1. The van der Waals surface area contributed by atoms with Gasteiger partial charge in [-0.3, -0.25) is 10.1 Å². The molecule has 6 heteroatoms. The third-order valence-corrected chi connectivity index (χ3v) is 3.90. The lowest BCUT2D eigenvalue weighted by atomic mass is 10.2. The minimum absolute atomic E-state index is 0.256. The standard InChI is InChI=1S/C18H19N3O3/c1-4-24-15-7-5-14(6-8-15)21-11(2)9-13(12(21)3)10-16-17(22)20-18(23)19-16/h5-10H,4H2,1-3H3,(H2,19,20,22,23)/b16-10-. The van der Waals surface area contributed by atoms with Crippen LogP contribution in [0, 0.1) is 13.8 Å². The first-order valence-corrected chi connectivity index (χ1v) is 7.76. The van der Waals surface area contributed by atoms with Crippen molar-refractivity contribution >= 4 is 18.0 Å². The van der Waals surface area contributed by atoms with Crippen molar-refractivity contribution in [1.82, 2.24) is 15.2 Å². The first-order chi connectivity index (χ1) is 11.5. The van der Waals surface area contributed by atoms with E-state index in [1.54, 1.807) is 6.08 Å². The van der Waals surface area contributed by atoms with Gasteiger partial charge in [-0.15, -0.1) is 0 Å². The highest BCUT2D eigenvalue weighted by atomic mass is 16.5. The van der Waals surface area contributed by atoms with Crippen molar-refractivity contribution in [3.05, 3.63) is 53.0 Å². The van der Waals surface area contributed by atoms with Crippen LogP contribution in [0.2, 0.25) is 0 Å². The van der Waals surface area contributed by atoms with E-state index in [9.17, 15) is 9.59 Å². The van der Waals surface area contributed by atoms with Gasteiger partial charge in [-0.2, -0.15) is 0 Å². The van der Waals surface area contributed by atoms with Crippen molar-refractivity contribution in [3.8, 4) is 11.4 Å². The molecule has 0 unspecified atom stereocenters. The van der Waals surface area contributed by atoms with Gasteiger partial charge >= 0.3 is 6.03 Å². The van der Waals surface area contributed by atoms with Crippen molar-refractivity contribution in [1.29, 1.82) is 0 Å². The smallest absolute Gasteiger partial charge is 0.326 e. The summed E-state index contributed by atoms with van der Waals surface area (Å²) in [4.78, 5) is 22.9. The molecule has 0 saturated carbocycles. The minimum atomic E-state index is -0.494. The molecule has 1 aliphatic heterocycles. The van der Waals surface area contributed by atoms with E-state index in [2.05, 4.69) is 15.2 Å². The molecule has 0 aliphatic carbocycles. The Hall–Kier alpha value is -3.02. The Kier molecular flexibility index (Phi) is 4.12. The SMILES string of the molecule is CCOc1ccc(-n2c(C)cc(/C=C3\NC(=O)NC3=O)c2C)cc1. The highest BCUT2D eigenvalue weighted by Crippen LogP contribution is 2.24. The summed E-state index contributed by atoms with van der Waals surface area (Å²) < 4.78 is 7.56. The lowest BCUT2D eigenvalue weighted by Gasteiger charge is -2.11. The van der Waals surface area contributed by atoms with Crippen molar-refractivity contribution in [2.45, 2.75) is 20.8 Å². The number of aryl methyl sites for hydroxylation is 1. The predicted octanol–water partition coefficient (Wildman–Crippen LogP) is 2.67. The molecule has 1 aliphatic rings. The molecule has 2 N–H and O–H groups in total. The maximum atomic E-state index is 11.7. The summed E-state index contributed by atoms with van der Waals surface area (Å²) in [6.07, 6.45) is 1.69. The summed E-state index contributed by atoms with van der Waals surface area (Å²) in [7, 11) is 0. The monoisotopic (exact) mass is 325 g/mol. The average Bonchev–Trinajstić information content (AvgIpc) is 3.00. The van der Waals surface area contributed by atoms with E-state index in [4.69, 9.17) is 4.74 Å². The van der Waals surface area contributed by atoms with Crippen LogP contribution in [0.25, 0.3) is 11.8 Å². The van der Waals surface area contributed by atoms with Gasteiger partial charge in [0.1, 0.15) is 11.4 Å². The van der Waals surface area contributed by atoms with Crippen molar-refractivity contribution in [2.75, 3.05) is 6.61 Å². The number of carbonyl (C=O) groups is 2. The van der Waals surface area contributed by atoms with Crippen LogP contribution in [-0.4, -0.2) is 23.1 Å². The van der Waals surface area contributed by atoms with Gasteiger partial charge in [0.2, 0.25) is 0 Å². The van der Waals surface area contributed by atoms with E-state index in [0.717, 1.165) is 28.4 Å². The third-order valence-electron chi connectivity index (χ3n) is 3.90. The van der Waals surface area contributed by atoms with Crippen LogP contribution in [0.4, 0.5) is 4.79 Å². The van der Waals surface area contributed by atoms with Gasteiger partial charge in [-0.25, -0.2) is 4.79 Å². The van der Waals surface area contributed by atoms with Gasteiger partial charge in [0.15, 0.2) is 0 Å². The molecule has 1 saturated heterocycles. The lowest BCUT2D eigenvalue weighted by Crippen LogP contribution is -2.22. The van der Waals surface area contributed by atoms with Crippen LogP contribution >= 0.6 is 0 Å². The maximum Gasteiger partial charge on any atom is 0.326 e. The molecule has 24 heavy (non-hydrogen) atoms. The number of benzene rings is 1. The molecule has 0 bridgehead atoms. The average molecular weight is 325 g/mol. The normalized spacial score (nSPS) is 15.5. The Labute approximate surface area is 140 Å². The van der Waals surface area contributed by atoms with Crippen molar-refractivity contribution < 1.29 is 14.3 Å². The van der Waals surface area contributed by atoms with Gasteiger partial charge in [0.25, 0.3) is 5.91 Å². The van der Waals surface area contributed by atoms with E-state index in [0.29, 0.717) is 6.61 Å². The summed E-state index contributed by atoms with van der Waals surface area (Å²) in [6.45, 7) is 6.56. The second-order valence-corrected chi connectivity index (χ2v) is 5.56. The fraction of sp³-hybridized carbons (Fsp3) is 0.222. The molecule has 1 aromatic heterocycles. The fourth-order valence-corrected chi connectivity index (χ4v) is 2.83. The van der Waals surface area contributed by atoms with Crippen molar-refractivity contribution in [3.63, 3.8) is 0 Å². The lowest BCUT2D eigenvalue weighted by molar-refractivity contribution is -0.115. The van der Waals surface area contributed by atoms with Gasteiger partial charge < -0.3 is 14.6 Å². The van der Waals surface area contributed by atoms with Gasteiger partial charge in [-0.05, 0) is 62.7 Å². The molecule has 0 spiro atoms. The molecule has 3 amide bonds. The Morgan fingerprint density at radius 1 is 1.12 bits per heavy atom. The number of urea groups is 1. The number of carbonyl (C=O) groups excluding carboxylic acids is 2. The zero-order chi connectivity index (χ0) is 17.3. The first kappa shape index (κ1) is 15.9. The molecule has 0 atom stereocenters. The van der Waals surface area contributed by atoms with E-state index >= 15 is 0 Å². The van der Waals surface area contributed by atoms with Crippen LogP contribution in [-0.2, 0) is 4.79 Å². The molecular formula is C18H19N3O3. The molecule has 6 nitrogen and oxygen atoms in total. The summed E-state index contributed by atoms with van der Waals surface area (Å²) >= 11 is 0. The zero-order valence-corrected chi connectivity index (χ0v) is 13.8. The molecule has 124 valence electrons. The van der Waals surface area contributed by atoms with Gasteiger partial charge in [0.05, 0.1) is 6.61 Å². The Morgan fingerprint density at radius 3 is 2.42 bits per heavy atom. The van der Waals surface area contributed by atoms with Crippen LogP contribution in [0.15, 0.2) is 36.0 Å². The molecular weight excluding hydrogens is 306 g/mol. The highest BCUT2D eigenvalue weighted by Gasteiger charge is 2.23. The molecule has 2 aromatic rings. The molecule has 1 fully saturated rings. The van der Waals surface area contributed by atoms with E-state index < -0.39 is 11.9 Å². The van der Waals surface area contributed by atoms with Crippen LogP contribution in [0.3, 0.4) is 0 Å². The number of amides is 3. The first-order valence-electron chi connectivity index (χ1n) is 7.76. The van der Waals surface area contributed by atoms with E-state index in [1.165, 1.54) is 0 Å². The Morgan fingerprint density at radius 2 is 1.83 bits per heavy atom. The number of rotatable bonds is 4. The Balaban J connectivity index is 1.96. The van der Waals surface area contributed by atoms with Gasteiger partial charge in [0, 0.05) is 17.1 Å². The maximum absolute atomic E-state index is 11.7. The number of nitrogens with one attached hydrogen (secondary N) is 2. The van der Waals surface area contributed by atoms with Gasteiger partial charge in [-0.1, -0.05) is 0 Å². The summed E-state index contributed by atoms with van der Waals surface area (Å²) in [5, 5.41) is 4.70. The topological polar surface area (TPSA) is 72.4 Å². The largest absolute Gasteiger partial charge is 0.494 e. The van der Waals surface area contributed by atoms with E-state index in [-0.39, 0.29) is 5.70 Å². The second-order valence-electron chi connectivity index (χ2n) is 5.56. The van der Waals surface area contributed by atoms with Crippen LogP contribution in [0.5, 0.6) is 5.75 Å². The quantitative estimate of drug-likeness (QED) is 0.670. The number of hydrogen-bond donors (Lipinski definition) is 2. The fourth-order valence-electron chi connectivity index (χ4n) is 2.83. The van der Waals surface area contributed by atoms with E-state index in [1.807, 2.05) is 51.1 Å². The van der Waals surface area contributed by atoms with Crippen LogP contribution in [0.1, 0.15) is 23.9 Å².